The van der Waals surface area contributed by atoms with Gasteiger partial charge in [0.1, 0.15) is 12.9 Å². The first-order chi connectivity index (χ1) is 4.88. The Labute approximate surface area is 61.5 Å². The van der Waals surface area contributed by atoms with Gasteiger partial charge in [-0.25, -0.2) is 0 Å². The molecule has 0 aromatic heterocycles. The molecule has 0 aromatic carbocycles. The summed E-state index contributed by atoms with van der Waals surface area (Å²) < 4.78 is 5.29. The largest absolute Gasteiger partial charge is 0.497 e. The van der Waals surface area contributed by atoms with Crippen LogP contribution in [0.2, 0.25) is 0 Å². The van der Waals surface area contributed by atoms with E-state index in [2.05, 4.69) is 11.8 Å². The molecule has 2 nitrogen and oxygen atoms in total. The molecule has 1 fully saturated rings. The third kappa shape index (κ3) is 0.789. The Morgan fingerprint density at radius 2 is 2.60 bits per heavy atom. The summed E-state index contributed by atoms with van der Waals surface area (Å²) >= 11 is 0. The number of rotatable bonds is 0. The van der Waals surface area contributed by atoms with Crippen LogP contribution in [0, 0.1) is 0 Å². The van der Waals surface area contributed by atoms with Gasteiger partial charge in [0.2, 0.25) is 0 Å². The van der Waals surface area contributed by atoms with E-state index in [1.165, 1.54) is 25.1 Å². The summed E-state index contributed by atoms with van der Waals surface area (Å²) in [6.45, 7) is 4.26. The van der Waals surface area contributed by atoms with Crippen molar-refractivity contribution in [2.45, 2.75) is 25.8 Å². The van der Waals surface area contributed by atoms with Gasteiger partial charge in [0.25, 0.3) is 0 Å². The van der Waals surface area contributed by atoms with Gasteiger partial charge in [-0.05, 0) is 19.8 Å². The maximum Gasteiger partial charge on any atom is 0.108 e. The summed E-state index contributed by atoms with van der Waals surface area (Å²) in [4.78, 5) is 2.45. The summed E-state index contributed by atoms with van der Waals surface area (Å²) in [5, 5.41) is 0. The third-order valence-electron chi connectivity index (χ3n) is 2.37. The molecule has 56 valence electrons. The van der Waals surface area contributed by atoms with Gasteiger partial charge in [-0.3, -0.25) is 0 Å². The van der Waals surface area contributed by atoms with Gasteiger partial charge in [0.05, 0.1) is 6.04 Å². The number of hydrogen-bond donors (Lipinski definition) is 0. The molecular formula is C8H13NO. The van der Waals surface area contributed by atoms with Crippen molar-refractivity contribution in [2.75, 3.05) is 13.2 Å². The Bertz CT molecular complexity index is 165. The predicted molar refractivity (Wildman–Crippen MR) is 39.4 cm³/mol. The van der Waals surface area contributed by atoms with Crippen LogP contribution in [0.15, 0.2) is 12.0 Å². The lowest BCUT2D eigenvalue weighted by Gasteiger charge is -2.30. The van der Waals surface area contributed by atoms with Crippen LogP contribution in [0.4, 0.5) is 0 Å². The molecule has 1 atom stereocenters. The van der Waals surface area contributed by atoms with E-state index in [4.69, 9.17) is 4.74 Å². The molecule has 10 heavy (non-hydrogen) atoms. The lowest BCUT2D eigenvalue weighted by Crippen LogP contribution is -2.34. The molecule has 0 amide bonds. The lowest BCUT2D eigenvalue weighted by molar-refractivity contribution is 0.125. The molecule has 0 radical (unpaired) electrons. The summed E-state index contributed by atoms with van der Waals surface area (Å²) in [5.41, 5.74) is 1.30. The van der Waals surface area contributed by atoms with Crippen LogP contribution in [-0.2, 0) is 4.74 Å². The van der Waals surface area contributed by atoms with Crippen LogP contribution in [-0.4, -0.2) is 24.1 Å². The third-order valence-corrected chi connectivity index (χ3v) is 2.37. The first-order valence-corrected chi connectivity index (χ1v) is 3.93. The van der Waals surface area contributed by atoms with E-state index in [1.54, 1.807) is 0 Å². The molecule has 1 saturated heterocycles. The van der Waals surface area contributed by atoms with E-state index in [0.717, 1.165) is 6.61 Å². The van der Waals surface area contributed by atoms with Gasteiger partial charge < -0.3 is 9.64 Å². The van der Waals surface area contributed by atoms with Gasteiger partial charge in [0, 0.05) is 12.2 Å². The molecule has 0 saturated carbocycles. The van der Waals surface area contributed by atoms with E-state index in [1.807, 2.05) is 6.26 Å². The van der Waals surface area contributed by atoms with E-state index >= 15 is 0 Å². The minimum atomic E-state index is 0.685. The molecule has 0 aromatic rings. The zero-order chi connectivity index (χ0) is 6.97. The van der Waals surface area contributed by atoms with Crippen LogP contribution in [0.25, 0.3) is 0 Å². The predicted octanol–water partition coefficient (Wildman–Crippen LogP) is 1.34. The zero-order valence-electron chi connectivity index (χ0n) is 6.34. The Hall–Kier alpha value is -0.660. The quantitative estimate of drug-likeness (QED) is 0.502. The highest BCUT2D eigenvalue weighted by Gasteiger charge is 2.27. The minimum absolute atomic E-state index is 0.685. The van der Waals surface area contributed by atoms with Crippen molar-refractivity contribution in [3.05, 3.63) is 12.0 Å². The summed E-state index contributed by atoms with van der Waals surface area (Å²) in [5.74, 6) is 0. The molecule has 0 N–H and O–H groups in total. The van der Waals surface area contributed by atoms with Gasteiger partial charge in [0.15, 0.2) is 0 Å². The molecule has 2 rings (SSSR count). The van der Waals surface area contributed by atoms with Crippen molar-refractivity contribution in [1.29, 1.82) is 0 Å². The fourth-order valence-electron chi connectivity index (χ4n) is 1.82. The number of allylic oxidation sites excluding steroid dienone is 1. The second-order valence-electron chi connectivity index (χ2n) is 3.08. The van der Waals surface area contributed by atoms with Crippen LogP contribution in [0.1, 0.15) is 19.8 Å². The minimum Gasteiger partial charge on any atom is -0.497 e. The number of nitrogens with zero attached hydrogens (tertiary/aromatic N) is 1. The molecule has 2 heterocycles. The average Bonchev–Trinajstić information content (AvgIpc) is 2.36. The molecular weight excluding hydrogens is 126 g/mol. The highest BCUT2D eigenvalue weighted by atomic mass is 16.5. The Morgan fingerprint density at radius 3 is 3.40 bits per heavy atom. The molecule has 0 bridgehead atoms. The van der Waals surface area contributed by atoms with Crippen molar-refractivity contribution in [2.24, 2.45) is 0 Å². The first kappa shape index (κ1) is 6.08. The molecule has 2 aliphatic rings. The standard InChI is InChI=1S/C8H13NO/c1-7-5-10-6-8-3-2-4-9(7)8/h5,8H,2-4,6H2,1H3. The van der Waals surface area contributed by atoms with E-state index in [-0.39, 0.29) is 0 Å². The Kier molecular flexibility index (Phi) is 1.33. The van der Waals surface area contributed by atoms with E-state index < -0.39 is 0 Å². The average molecular weight is 139 g/mol. The fourth-order valence-corrected chi connectivity index (χ4v) is 1.82. The van der Waals surface area contributed by atoms with Crippen LogP contribution in [0.5, 0.6) is 0 Å². The molecule has 0 spiro atoms. The van der Waals surface area contributed by atoms with Gasteiger partial charge >= 0.3 is 0 Å². The smallest absolute Gasteiger partial charge is 0.108 e. The van der Waals surface area contributed by atoms with Gasteiger partial charge in [-0.2, -0.15) is 0 Å². The SMILES string of the molecule is CC1=COCC2CCCN12. The van der Waals surface area contributed by atoms with Crippen molar-refractivity contribution in [3.8, 4) is 0 Å². The number of ether oxygens (including phenoxy) is 1. The molecule has 0 aliphatic carbocycles. The monoisotopic (exact) mass is 139 g/mol. The molecule has 2 heteroatoms. The summed E-state index contributed by atoms with van der Waals surface area (Å²) in [6, 6.07) is 0.685. The van der Waals surface area contributed by atoms with Gasteiger partial charge in [-0.15, -0.1) is 0 Å². The van der Waals surface area contributed by atoms with Gasteiger partial charge in [-0.1, -0.05) is 0 Å². The maximum absolute atomic E-state index is 5.29. The number of fused-ring (bicyclic) bond motifs is 1. The van der Waals surface area contributed by atoms with Crippen LogP contribution < -0.4 is 0 Å². The van der Waals surface area contributed by atoms with E-state index in [0.29, 0.717) is 6.04 Å². The maximum atomic E-state index is 5.29. The topological polar surface area (TPSA) is 12.5 Å². The van der Waals surface area contributed by atoms with E-state index in [9.17, 15) is 0 Å². The van der Waals surface area contributed by atoms with Crippen molar-refractivity contribution < 1.29 is 4.74 Å². The number of hydrogen-bond acceptors (Lipinski definition) is 2. The van der Waals surface area contributed by atoms with Crippen molar-refractivity contribution in [3.63, 3.8) is 0 Å². The Balaban J connectivity index is 2.16. The van der Waals surface area contributed by atoms with Crippen molar-refractivity contribution >= 4 is 0 Å². The zero-order valence-corrected chi connectivity index (χ0v) is 6.34. The second-order valence-corrected chi connectivity index (χ2v) is 3.08. The first-order valence-electron chi connectivity index (χ1n) is 3.93. The second kappa shape index (κ2) is 2.19. The summed E-state index contributed by atoms with van der Waals surface area (Å²) in [6.07, 6.45) is 4.52. The Morgan fingerprint density at radius 1 is 1.70 bits per heavy atom. The van der Waals surface area contributed by atoms with Crippen LogP contribution in [0.3, 0.4) is 0 Å². The highest BCUT2D eigenvalue weighted by molar-refractivity contribution is 5.02. The van der Waals surface area contributed by atoms with Crippen molar-refractivity contribution in [1.82, 2.24) is 4.90 Å². The van der Waals surface area contributed by atoms with Crippen LogP contribution >= 0.6 is 0 Å². The molecule has 1 unspecified atom stereocenters. The fraction of sp³-hybridized carbons (Fsp3) is 0.750. The molecule has 2 aliphatic heterocycles. The summed E-state index contributed by atoms with van der Waals surface area (Å²) in [7, 11) is 0. The highest BCUT2D eigenvalue weighted by Crippen LogP contribution is 2.25. The normalized spacial score (nSPS) is 31.1. The lowest BCUT2D eigenvalue weighted by atomic mass is 10.2.